The van der Waals surface area contributed by atoms with Crippen molar-refractivity contribution in [3.05, 3.63) is 42.2 Å². The summed E-state index contributed by atoms with van der Waals surface area (Å²) in [7, 11) is 0. The van der Waals surface area contributed by atoms with E-state index in [4.69, 9.17) is 0 Å². The highest BCUT2D eigenvalue weighted by Crippen LogP contribution is 2.37. The lowest BCUT2D eigenvalue weighted by Gasteiger charge is -2.27. The first-order valence-corrected chi connectivity index (χ1v) is 10.5. The van der Waals surface area contributed by atoms with Crippen molar-refractivity contribution in [1.82, 2.24) is 25.1 Å². The van der Waals surface area contributed by atoms with Crippen molar-refractivity contribution in [3.8, 4) is 5.69 Å². The molecule has 3 unspecified atom stereocenters. The second kappa shape index (κ2) is 8.41. The fourth-order valence-corrected chi connectivity index (χ4v) is 4.40. The number of nitrogens with zero attached hydrogens (tertiary/aromatic N) is 5. The second-order valence-electron chi connectivity index (χ2n) is 8.59. The Balaban J connectivity index is 1.56. The average molecular weight is 422 g/mol. The maximum absolute atomic E-state index is 13.2. The lowest BCUT2D eigenvalue weighted by molar-refractivity contribution is -0.147. The molecule has 1 aromatic heterocycles. The fourth-order valence-electron chi connectivity index (χ4n) is 4.40. The van der Waals surface area contributed by atoms with Gasteiger partial charge in [-0.2, -0.15) is 0 Å². The molecule has 2 aromatic rings. The predicted molar refractivity (Wildman–Crippen MR) is 113 cm³/mol. The Kier molecular flexibility index (Phi) is 5.67. The number of carbonyl (C=O) groups is 3. The number of rotatable bonds is 6. The molecule has 4 rings (SSSR count). The van der Waals surface area contributed by atoms with Gasteiger partial charge in [-0.05, 0) is 66.3 Å². The number of likely N-dealkylation sites (tertiary alicyclic amines) is 1. The van der Waals surface area contributed by atoms with Crippen molar-refractivity contribution < 1.29 is 14.4 Å². The van der Waals surface area contributed by atoms with Crippen LogP contribution >= 0.6 is 0 Å². The summed E-state index contributed by atoms with van der Waals surface area (Å²) >= 11 is 0. The molecule has 1 aliphatic carbocycles. The van der Waals surface area contributed by atoms with E-state index in [9.17, 15) is 14.4 Å². The Labute approximate surface area is 180 Å². The third kappa shape index (κ3) is 3.99. The quantitative estimate of drug-likeness (QED) is 0.565. The number of aryl methyl sites for hydroxylation is 1. The van der Waals surface area contributed by atoms with Crippen LogP contribution in [0.1, 0.15) is 38.7 Å². The van der Waals surface area contributed by atoms with Crippen LogP contribution in [0.25, 0.3) is 5.69 Å². The SMILES string of the molecule is Cc1cc(NC(=O)C(CC(C)C)N2C(=O)C3CC=CCC3C2=O)ccc1-n1cnnn1. The number of nitrogens with one attached hydrogen (secondary N) is 1. The van der Waals surface area contributed by atoms with E-state index in [0.29, 0.717) is 24.9 Å². The number of benzene rings is 1. The highest BCUT2D eigenvalue weighted by atomic mass is 16.2. The van der Waals surface area contributed by atoms with Crippen molar-refractivity contribution in [3.63, 3.8) is 0 Å². The zero-order valence-corrected chi connectivity index (χ0v) is 17.9. The van der Waals surface area contributed by atoms with E-state index in [0.717, 1.165) is 11.3 Å². The topological polar surface area (TPSA) is 110 Å². The van der Waals surface area contributed by atoms with Crippen molar-refractivity contribution in [2.24, 2.45) is 17.8 Å². The molecule has 9 nitrogen and oxygen atoms in total. The summed E-state index contributed by atoms with van der Waals surface area (Å²) in [4.78, 5) is 40.5. The Bertz CT molecular complexity index is 1000. The summed E-state index contributed by atoms with van der Waals surface area (Å²) in [5.74, 6) is -1.37. The summed E-state index contributed by atoms with van der Waals surface area (Å²) < 4.78 is 1.54. The van der Waals surface area contributed by atoms with E-state index in [1.807, 2.05) is 45.1 Å². The van der Waals surface area contributed by atoms with Crippen LogP contribution in [0, 0.1) is 24.7 Å². The molecule has 1 aromatic carbocycles. The highest BCUT2D eigenvalue weighted by molar-refractivity contribution is 6.10. The van der Waals surface area contributed by atoms with Crippen LogP contribution in [0.3, 0.4) is 0 Å². The number of anilines is 1. The molecule has 9 heteroatoms. The minimum absolute atomic E-state index is 0.140. The number of tetrazole rings is 1. The van der Waals surface area contributed by atoms with Gasteiger partial charge in [-0.1, -0.05) is 26.0 Å². The minimum Gasteiger partial charge on any atom is -0.324 e. The number of allylic oxidation sites excluding steroid dienone is 2. The maximum atomic E-state index is 13.2. The summed E-state index contributed by atoms with van der Waals surface area (Å²) in [6, 6.07) is 4.56. The van der Waals surface area contributed by atoms with E-state index >= 15 is 0 Å². The largest absolute Gasteiger partial charge is 0.324 e. The molecule has 0 bridgehead atoms. The Morgan fingerprint density at radius 3 is 2.39 bits per heavy atom. The molecule has 3 atom stereocenters. The first-order chi connectivity index (χ1) is 14.9. The Hall–Kier alpha value is -3.36. The first-order valence-electron chi connectivity index (χ1n) is 10.5. The molecule has 3 amide bonds. The van der Waals surface area contributed by atoms with Gasteiger partial charge in [0.2, 0.25) is 17.7 Å². The summed E-state index contributed by atoms with van der Waals surface area (Å²) in [5, 5.41) is 14.1. The van der Waals surface area contributed by atoms with Crippen LogP contribution in [0.2, 0.25) is 0 Å². The number of amides is 3. The van der Waals surface area contributed by atoms with Crippen LogP contribution in [0.4, 0.5) is 5.69 Å². The van der Waals surface area contributed by atoms with E-state index in [-0.39, 0.29) is 35.5 Å². The van der Waals surface area contributed by atoms with Gasteiger partial charge in [0.05, 0.1) is 17.5 Å². The summed E-state index contributed by atoms with van der Waals surface area (Å²) in [5.41, 5.74) is 2.25. The van der Waals surface area contributed by atoms with Gasteiger partial charge in [-0.15, -0.1) is 5.10 Å². The standard InChI is InChI=1S/C22H26N6O3/c1-13(2)10-19(28-21(30)16-6-4-5-7-17(16)22(28)31)20(29)24-15-8-9-18(14(3)11-15)27-12-23-25-26-27/h4-5,8-9,11-13,16-17,19H,6-7,10H2,1-3H3,(H,24,29). The van der Waals surface area contributed by atoms with E-state index in [1.165, 1.54) is 11.2 Å². The number of fused-ring (bicyclic) bond motifs is 1. The second-order valence-corrected chi connectivity index (χ2v) is 8.59. The smallest absolute Gasteiger partial charge is 0.247 e. The number of hydrogen-bond acceptors (Lipinski definition) is 6. The molecule has 31 heavy (non-hydrogen) atoms. The van der Waals surface area contributed by atoms with Crippen LogP contribution in [0.5, 0.6) is 0 Å². The first kappa shape index (κ1) is 20.9. The zero-order valence-electron chi connectivity index (χ0n) is 17.9. The molecular weight excluding hydrogens is 396 g/mol. The average Bonchev–Trinajstić information content (AvgIpc) is 3.34. The predicted octanol–water partition coefficient (Wildman–Crippen LogP) is 2.28. The summed E-state index contributed by atoms with van der Waals surface area (Å²) in [6.45, 7) is 5.85. The molecule has 1 aliphatic heterocycles. The van der Waals surface area contributed by atoms with E-state index < -0.39 is 6.04 Å². The molecule has 162 valence electrons. The molecule has 1 fully saturated rings. The number of hydrogen-bond donors (Lipinski definition) is 1. The monoisotopic (exact) mass is 422 g/mol. The normalized spacial score (nSPS) is 21.5. The van der Waals surface area contributed by atoms with E-state index in [1.54, 1.807) is 10.7 Å². The third-order valence-corrected chi connectivity index (χ3v) is 5.91. The molecule has 2 aliphatic rings. The van der Waals surface area contributed by atoms with Gasteiger partial charge >= 0.3 is 0 Å². The van der Waals surface area contributed by atoms with Crippen molar-refractivity contribution >= 4 is 23.4 Å². The van der Waals surface area contributed by atoms with E-state index in [2.05, 4.69) is 20.8 Å². The lowest BCUT2D eigenvalue weighted by Crippen LogP contribution is -2.48. The van der Waals surface area contributed by atoms with Gasteiger partial charge in [-0.25, -0.2) is 4.68 Å². The lowest BCUT2D eigenvalue weighted by atomic mass is 9.85. The molecule has 2 heterocycles. The van der Waals surface area contributed by atoms with Gasteiger partial charge in [0.15, 0.2) is 0 Å². The van der Waals surface area contributed by atoms with Crippen LogP contribution in [-0.2, 0) is 14.4 Å². The molecule has 1 saturated heterocycles. The highest BCUT2D eigenvalue weighted by Gasteiger charge is 2.51. The zero-order chi connectivity index (χ0) is 22.1. The molecule has 0 spiro atoms. The van der Waals surface area contributed by atoms with Crippen LogP contribution < -0.4 is 5.32 Å². The third-order valence-electron chi connectivity index (χ3n) is 5.91. The van der Waals surface area contributed by atoms with Gasteiger partial charge in [0.25, 0.3) is 0 Å². The van der Waals surface area contributed by atoms with Gasteiger partial charge < -0.3 is 5.32 Å². The van der Waals surface area contributed by atoms with Crippen LogP contribution in [-0.4, -0.2) is 48.9 Å². The van der Waals surface area contributed by atoms with Crippen molar-refractivity contribution in [1.29, 1.82) is 0 Å². The Morgan fingerprint density at radius 2 is 1.84 bits per heavy atom. The van der Waals surface area contributed by atoms with Crippen molar-refractivity contribution in [2.45, 2.75) is 46.1 Å². The van der Waals surface area contributed by atoms with Crippen molar-refractivity contribution in [2.75, 3.05) is 5.32 Å². The van der Waals surface area contributed by atoms with Gasteiger partial charge in [-0.3, -0.25) is 19.3 Å². The summed E-state index contributed by atoms with van der Waals surface area (Å²) in [6.07, 6.45) is 6.92. The van der Waals surface area contributed by atoms with Gasteiger partial charge in [0.1, 0.15) is 12.4 Å². The van der Waals surface area contributed by atoms with Gasteiger partial charge in [0, 0.05) is 5.69 Å². The molecular formula is C22H26N6O3. The Morgan fingerprint density at radius 1 is 1.16 bits per heavy atom. The maximum Gasteiger partial charge on any atom is 0.247 e. The molecule has 1 N–H and O–H groups in total. The number of imide groups is 1. The number of carbonyl (C=O) groups excluding carboxylic acids is 3. The molecule has 0 radical (unpaired) electrons. The fraction of sp³-hybridized carbons (Fsp3) is 0.455. The molecule has 0 saturated carbocycles. The minimum atomic E-state index is -0.829. The van der Waals surface area contributed by atoms with Crippen LogP contribution in [0.15, 0.2) is 36.7 Å². The number of aromatic nitrogens is 4.